The first-order valence-corrected chi connectivity index (χ1v) is 5.80. The van der Waals surface area contributed by atoms with Gasteiger partial charge in [-0.15, -0.1) is 0 Å². The molecule has 1 rings (SSSR count). The van der Waals surface area contributed by atoms with Gasteiger partial charge >= 0.3 is 0 Å². The molecule has 17 heavy (non-hydrogen) atoms. The lowest BCUT2D eigenvalue weighted by molar-refractivity contribution is -0.111. The van der Waals surface area contributed by atoms with Crippen LogP contribution in [0.25, 0.3) is 0 Å². The number of ether oxygens (including phenoxy) is 1. The van der Waals surface area contributed by atoms with Gasteiger partial charge in [-0.25, -0.2) is 0 Å². The summed E-state index contributed by atoms with van der Waals surface area (Å²) in [5.41, 5.74) is 1.42. The first kappa shape index (κ1) is 13.9. The topological polar surface area (TPSA) is 48.3 Å². The molecule has 0 fully saturated rings. The van der Waals surface area contributed by atoms with Gasteiger partial charge in [0.25, 0.3) is 5.56 Å². The Balaban J connectivity index is 2.93. The highest BCUT2D eigenvalue weighted by atomic mass is 35.5. The SMILES string of the molecule is COCCn1c(C)ccc(CCC(=O)Cl)c1=O. The number of hydrogen-bond donors (Lipinski definition) is 0. The Morgan fingerprint density at radius 1 is 1.47 bits per heavy atom. The van der Waals surface area contributed by atoms with E-state index < -0.39 is 5.24 Å². The monoisotopic (exact) mass is 257 g/mol. The molecule has 0 aliphatic carbocycles. The van der Waals surface area contributed by atoms with Crippen molar-refractivity contribution in [1.82, 2.24) is 4.57 Å². The van der Waals surface area contributed by atoms with E-state index in [1.54, 1.807) is 17.7 Å². The third-order valence-corrected chi connectivity index (χ3v) is 2.77. The third-order valence-electron chi connectivity index (χ3n) is 2.58. The van der Waals surface area contributed by atoms with E-state index in [4.69, 9.17) is 16.3 Å². The van der Waals surface area contributed by atoms with Gasteiger partial charge in [-0.2, -0.15) is 0 Å². The first-order valence-electron chi connectivity index (χ1n) is 5.43. The summed E-state index contributed by atoms with van der Waals surface area (Å²) >= 11 is 5.27. The van der Waals surface area contributed by atoms with Gasteiger partial charge in [-0.1, -0.05) is 6.07 Å². The van der Waals surface area contributed by atoms with Crippen LogP contribution in [-0.2, 0) is 22.5 Å². The van der Waals surface area contributed by atoms with Gasteiger partial charge in [0.15, 0.2) is 0 Å². The van der Waals surface area contributed by atoms with Crippen LogP contribution in [0.15, 0.2) is 16.9 Å². The second-order valence-electron chi connectivity index (χ2n) is 3.80. The molecule has 0 bridgehead atoms. The second kappa shape index (κ2) is 6.57. The van der Waals surface area contributed by atoms with Crippen LogP contribution in [-0.4, -0.2) is 23.5 Å². The highest BCUT2D eigenvalue weighted by Gasteiger charge is 2.07. The molecule has 0 amide bonds. The van der Waals surface area contributed by atoms with Crippen LogP contribution >= 0.6 is 11.6 Å². The minimum atomic E-state index is -0.423. The van der Waals surface area contributed by atoms with Crippen LogP contribution in [0.1, 0.15) is 17.7 Å². The zero-order valence-corrected chi connectivity index (χ0v) is 10.8. The fraction of sp³-hybridized carbons (Fsp3) is 0.500. The van der Waals surface area contributed by atoms with Gasteiger partial charge in [0.1, 0.15) is 0 Å². The number of aryl methyl sites for hydroxylation is 2. The van der Waals surface area contributed by atoms with E-state index in [1.165, 1.54) is 0 Å². The lowest BCUT2D eigenvalue weighted by Gasteiger charge is -2.11. The lowest BCUT2D eigenvalue weighted by Crippen LogP contribution is -2.27. The summed E-state index contributed by atoms with van der Waals surface area (Å²) < 4.78 is 6.61. The average Bonchev–Trinajstić information content (AvgIpc) is 2.27. The molecule has 0 saturated heterocycles. The van der Waals surface area contributed by atoms with Crippen LogP contribution < -0.4 is 5.56 Å². The zero-order valence-electron chi connectivity index (χ0n) is 10.0. The van der Waals surface area contributed by atoms with E-state index in [1.807, 2.05) is 13.0 Å². The maximum absolute atomic E-state index is 12.1. The number of carbonyl (C=O) groups excluding carboxylic acids is 1. The van der Waals surface area contributed by atoms with Crippen molar-refractivity contribution in [3.8, 4) is 0 Å². The lowest BCUT2D eigenvalue weighted by atomic mass is 10.1. The second-order valence-corrected chi connectivity index (χ2v) is 4.23. The molecule has 1 heterocycles. The molecule has 4 nitrogen and oxygen atoms in total. The predicted molar refractivity (Wildman–Crippen MR) is 66.5 cm³/mol. The predicted octanol–water partition coefficient (Wildman–Crippen LogP) is 1.50. The fourth-order valence-corrected chi connectivity index (χ4v) is 1.69. The van der Waals surface area contributed by atoms with Crippen molar-refractivity contribution in [2.75, 3.05) is 13.7 Å². The van der Waals surface area contributed by atoms with Gasteiger partial charge in [0, 0.05) is 31.3 Å². The highest BCUT2D eigenvalue weighted by molar-refractivity contribution is 6.63. The molecule has 0 spiro atoms. The first-order chi connectivity index (χ1) is 8.06. The molecule has 94 valence electrons. The average molecular weight is 258 g/mol. The number of aromatic nitrogens is 1. The number of hydrogen-bond acceptors (Lipinski definition) is 3. The molecule has 0 saturated carbocycles. The largest absolute Gasteiger partial charge is 0.383 e. The van der Waals surface area contributed by atoms with Crippen molar-refractivity contribution < 1.29 is 9.53 Å². The van der Waals surface area contributed by atoms with Crippen molar-refractivity contribution in [2.24, 2.45) is 0 Å². The van der Waals surface area contributed by atoms with E-state index in [9.17, 15) is 9.59 Å². The molecule has 5 heteroatoms. The summed E-state index contributed by atoms with van der Waals surface area (Å²) in [7, 11) is 1.59. The molecular formula is C12H16ClNO3. The van der Waals surface area contributed by atoms with Gasteiger partial charge in [0.2, 0.25) is 5.24 Å². The number of pyridine rings is 1. The quantitative estimate of drug-likeness (QED) is 0.726. The molecular weight excluding hydrogens is 242 g/mol. The fourth-order valence-electron chi connectivity index (χ4n) is 1.60. The molecule has 0 aliphatic rings. The van der Waals surface area contributed by atoms with Crippen LogP contribution in [0.2, 0.25) is 0 Å². The normalized spacial score (nSPS) is 10.5. The van der Waals surface area contributed by atoms with Crippen LogP contribution in [0.3, 0.4) is 0 Å². The van der Waals surface area contributed by atoms with Gasteiger partial charge in [-0.3, -0.25) is 9.59 Å². The van der Waals surface area contributed by atoms with Gasteiger partial charge < -0.3 is 9.30 Å². The number of methoxy groups -OCH3 is 1. The maximum atomic E-state index is 12.1. The Morgan fingerprint density at radius 2 is 2.18 bits per heavy atom. The van der Waals surface area contributed by atoms with Crippen molar-refractivity contribution in [3.05, 3.63) is 33.7 Å². The summed E-state index contributed by atoms with van der Waals surface area (Å²) in [5.74, 6) is 0. The van der Waals surface area contributed by atoms with Gasteiger partial charge in [0.05, 0.1) is 6.61 Å². The number of halogens is 1. The summed E-state index contributed by atoms with van der Waals surface area (Å²) in [5, 5.41) is -0.423. The number of rotatable bonds is 6. The summed E-state index contributed by atoms with van der Waals surface area (Å²) in [6, 6.07) is 3.62. The van der Waals surface area contributed by atoms with Crippen molar-refractivity contribution in [1.29, 1.82) is 0 Å². The van der Waals surface area contributed by atoms with E-state index in [0.29, 0.717) is 25.1 Å². The zero-order chi connectivity index (χ0) is 12.8. The smallest absolute Gasteiger partial charge is 0.254 e. The Labute approximate surface area is 105 Å². The van der Waals surface area contributed by atoms with E-state index in [-0.39, 0.29) is 12.0 Å². The Kier molecular flexibility index (Phi) is 5.38. The van der Waals surface area contributed by atoms with Crippen molar-refractivity contribution >= 4 is 16.8 Å². The van der Waals surface area contributed by atoms with Crippen molar-refractivity contribution in [3.63, 3.8) is 0 Å². The maximum Gasteiger partial charge on any atom is 0.254 e. The van der Waals surface area contributed by atoms with Crippen molar-refractivity contribution in [2.45, 2.75) is 26.3 Å². The minimum Gasteiger partial charge on any atom is -0.383 e. The van der Waals surface area contributed by atoms with Crippen LogP contribution in [0.4, 0.5) is 0 Å². The molecule has 1 aromatic heterocycles. The van der Waals surface area contributed by atoms with E-state index >= 15 is 0 Å². The number of nitrogens with zero attached hydrogens (tertiary/aromatic N) is 1. The molecule has 1 aromatic rings. The third kappa shape index (κ3) is 3.98. The van der Waals surface area contributed by atoms with Crippen LogP contribution in [0.5, 0.6) is 0 Å². The van der Waals surface area contributed by atoms with E-state index in [0.717, 1.165) is 5.69 Å². The molecule has 0 unspecified atom stereocenters. The summed E-state index contributed by atoms with van der Waals surface area (Å²) in [4.78, 5) is 22.8. The molecule has 0 aromatic carbocycles. The minimum absolute atomic E-state index is 0.0695. The standard InChI is InChI=1S/C12H16ClNO3/c1-9-3-4-10(5-6-11(13)15)12(16)14(9)7-8-17-2/h3-4H,5-8H2,1-2H3. The Bertz CT molecular complexity index is 454. The van der Waals surface area contributed by atoms with E-state index in [2.05, 4.69) is 0 Å². The molecule has 0 aliphatic heterocycles. The Morgan fingerprint density at radius 3 is 2.76 bits per heavy atom. The molecule has 0 radical (unpaired) electrons. The summed E-state index contributed by atoms with van der Waals surface area (Å²) in [6.45, 7) is 2.87. The highest BCUT2D eigenvalue weighted by Crippen LogP contribution is 2.03. The summed E-state index contributed by atoms with van der Waals surface area (Å²) in [6.07, 6.45) is 0.568. The molecule has 0 N–H and O–H groups in total. The van der Waals surface area contributed by atoms with Gasteiger partial charge in [-0.05, 0) is 31.0 Å². The Hall–Kier alpha value is -1.13. The molecule has 0 atom stereocenters. The van der Waals surface area contributed by atoms with Crippen LogP contribution in [0, 0.1) is 6.92 Å². The number of carbonyl (C=O) groups is 1.